The zero-order valence-electron chi connectivity index (χ0n) is 17.8. The summed E-state index contributed by atoms with van der Waals surface area (Å²) in [5.41, 5.74) is -3.33. The molecule has 3 fully saturated rings. The average molecular weight is 420 g/mol. The van der Waals surface area contributed by atoms with Gasteiger partial charge < -0.3 is 23.4 Å². The van der Waals surface area contributed by atoms with E-state index in [1.165, 1.54) is 20.3 Å². The van der Waals surface area contributed by atoms with Crippen LogP contribution in [0.3, 0.4) is 0 Å². The zero-order valence-corrected chi connectivity index (χ0v) is 17.8. The summed E-state index contributed by atoms with van der Waals surface area (Å²) in [6, 6.07) is 3.51. The minimum absolute atomic E-state index is 0.0234. The van der Waals surface area contributed by atoms with Crippen molar-refractivity contribution >= 4 is 17.7 Å². The van der Waals surface area contributed by atoms with Crippen molar-refractivity contribution in [2.45, 2.75) is 57.8 Å². The van der Waals surface area contributed by atoms with Crippen molar-refractivity contribution in [3.05, 3.63) is 24.2 Å². The molecule has 8 nitrogen and oxygen atoms in total. The summed E-state index contributed by atoms with van der Waals surface area (Å²) >= 11 is 0. The molecule has 1 aromatic heterocycles. The highest BCUT2D eigenvalue weighted by Crippen LogP contribution is 2.69. The molecule has 3 aliphatic rings. The Morgan fingerprint density at radius 2 is 2.07 bits per heavy atom. The molecule has 30 heavy (non-hydrogen) atoms. The fourth-order valence-corrected chi connectivity index (χ4v) is 5.84. The maximum absolute atomic E-state index is 13.4. The number of ether oxygens (including phenoxy) is 4. The second-order valence-corrected chi connectivity index (χ2v) is 8.93. The number of hydrogen-bond acceptors (Lipinski definition) is 8. The summed E-state index contributed by atoms with van der Waals surface area (Å²) in [7, 11) is 1.34. The number of furan rings is 1. The van der Waals surface area contributed by atoms with Crippen molar-refractivity contribution in [3.8, 4) is 0 Å². The van der Waals surface area contributed by atoms with Crippen molar-refractivity contribution in [3.63, 3.8) is 0 Å². The monoisotopic (exact) mass is 420 g/mol. The van der Waals surface area contributed by atoms with Gasteiger partial charge in [-0.1, -0.05) is 0 Å². The molecule has 1 aromatic rings. The first-order valence-corrected chi connectivity index (χ1v) is 10.3. The van der Waals surface area contributed by atoms with Gasteiger partial charge in [-0.05, 0) is 44.7 Å². The van der Waals surface area contributed by atoms with Crippen molar-refractivity contribution in [1.29, 1.82) is 0 Å². The SMILES string of the molecule is COC(=O)[C@@]1(C)CCC(=O)[C@]2(C)[C@H](CCOC(C)=O)C[C@@]3(c4ccco4)OC[C@@]12O3. The van der Waals surface area contributed by atoms with Gasteiger partial charge in [-0.25, -0.2) is 0 Å². The van der Waals surface area contributed by atoms with Gasteiger partial charge in [-0.3, -0.25) is 14.4 Å². The Balaban J connectivity index is 1.84. The van der Waals surface area contributed by atoms with Crippen LogP contribution in [0.25, 0.3) is 0 Å². The van der Waals surface area contributed by atoms with Gasteiger partial charge in [0.05, 0.1) is 37.4 Å². The fourth-order valence-electron chi connectivity index (χ4n) is 5.84. The van der Waals surface area contributed by atoms with E-state index in [-0.39, 0.29) is 37.3 Å². The summed E-state index contributed by atoms with van der Waals surface area (Å²) in [5, 5.41) is 0. The van der Waals surface area contributed by atoms with Crippen LogP contribution in [-0.4, -0.2) is 43.6 Å². The van der Waals surface area contributed by atoms with Crippen molar-refractivity contribution in [1.82, 2.24) is 0 Å². The highest BCUT2D eigenvalue weighted by Gasteiger charge is 2.79. The minimum Gasteiger partial charge on any atom is -0.469 e. The second-order valence-electron chi connectivity index (χ2n) is 8.93. The number of carbonyl (C=O) groups excluding carboxylic acids is 3. The van der Waals surface area contributed by atoms with Crippen LogP contribution >= 0.6 is 0 Å². The number of rotatable bonds is 5. The van der Waals surface area contributed by atoms with E-state index in [0.29, 0.717) is 25.0 Å². The lowest BCUT2D eigenvalue weighted by atomic mass is 9.46. The third-order valence-electron chi connectivity index (χ3n) is 7.64. The van der Waals surface area contributed by atoms with Crippen molar-refractivity contribution in [2.75, 3.05) is 20.3 Å². The summed E-state index contributed by atoms with van der Waals surface area (Å²) < 4.78 is 28.9. The molecule has 1 aliphatic carbocycles. The molecule has 0 unspecified atom stereocenters. The van der Waals surface area contributed by atoms with Gasteiger partial charge in [0.2, 0.25) is 5.79 Å². The Hall–Kier alpha value is -2.19. The Bertz CT molecular complexity index is 862. The summed E-state index contributed by atoms with van der Waals surface area (Å²) in [5.74, 6) is -1.76. The van der Waals surface area contributed by atoms with Crippen LogP contribution in [0.4, 0.5) is 0 Å². The van der Waals surface area contributed by atoms with Crippen LogP contribution < -0.4 is 0 Å². The Morgan fingerprint density at radius 3 is 2.70 bits per heavy atom. The molecule has 164 valence electrons. The normalized spacial score (nSPS) is 40.0. The van der Waals surface area contributed by atoms with E-state index < -0.39 is 28.2 Å². The van der Waals surface area contributed by atoms with E-state index in [0.717, 1.165) is 0 Å². The lowest BCUT2D eigenvalue weighted by Crippen LogP contribution is -2.72. The van der Waals surface area contributed by atoms with Crippen molar-refractivity contribution < 1.29 is 37.7 Å². The van der Waals surface area contributed by atoms with E-state index >= 15 is 0 Å². The predicted molar refractivity (Wildman–Crippen MR) is 102 cm³/mol. The molecule has 0 aromatic carbocycles. The average Bonchev–Trinajstić information content (AvgIpc) is 3.36. The molecule has 2 aliphatic heterocycles. The molecule has 0 radical (unpaired) electrons. The number of hydrogen-bond donors (Lipinski definition) is 0. The van der Waals surface area contributed by atoms with Gasteiger partial charge in [-0.15, -0.1) is 0 Å². The molecule has 4 rings (SSSR count). The highest BCUT2D eigenvalue weighted by molar-refractivity contribution is 5.92. The van der Waals surface area contributed by atoms with E-state index in [4.69, 9.17) is 23.4 Å². The smallest absolute Gasteiger partial charge is 0.314 e. The van der Waals surface area contributed by atoms with Crippen LogP contribution in [0.1, 0.15) is 52.2 Å². The second kappa shape index (κ2) is 6.92. The van der Waals surface area contributed by atoms with Gasteiger partial charge in [0.25, 0.3) is 0 Å². The molecule has 1 saturated carbocycles. The van der Waals surface area contributed by atoms with Crippen LogP contribution in [0.2, 0.25) is 0 Å². The van der Waals surface area contributed by atoms with E-state index in [2.05, 4.69) is 0 Å². The van der Waals surface area contributed by atoms with E-state index in [1.807, 2.05) is 6.92 Å². The van der Waals surface area contributed by atoms with E-state index in [9.17, 15) is 14.4 Å². The summed E-state index contributed by atoms with van der Waals surface area (Å²) in [4.78, 5) is 37.7. The predicted octanol–water partition coefficient (Wildman–Crippen LogP) is 2.74. The molecule has 1 spiro atoms. The van der Waals surface area contributed by atoms with Gasteiger partial charge in [0.1, 0.15) is 11.4 Å². The summed E-state index contributed by atoms with van der Waals surface area (Å²) in [6.07, 6.45) is 2.88. The molecule has 2 bridgehead atoms. The van der Waals surface area contributed by atoms with E-state index in [1.54, 1.807) is 19.1 Å². The minimum atomic E-state index is -1.23. The number of methoxy groups -OCH3 is 1. The third-order valence-corrected chi connectivity index (χ3v) is 7.64. The van der Waals surface area contributed by atoms with Gasteiger partial charge in [0, 0.05) is 19.8 Å². The lowest BCUT2D eigenvalue weighted by molar-refractivity contribution is -0.307. The van der Waals surface area contributed by atoms with Gasteiger partial charge >= 0.3 is 11.9 Å². The first-order valence-electron chi connectivity index (χ1n) is 10.3. The molecule has 0 N–H and O–H groups in total. The quantitative estimate of drug-likeness (QED) is 0.670. The standard InChI is InChI=1S/C22H28O8/c1-14(23)27-11-8-15-12-21(17-6-5-10-28-17)29-13-22(30-21)19(2,18(25)26-4)9-7-16(24)20(15,22)3/h5-6,10,15H,7-9,11-13H2,1-4H3/t15-,19-,20+,21-,22-/m1/s1. The largest absolute Gasteiger partial charge is 0.469 e. The molecular formula is C22H28O8. The lowest BCUT2D eigenvalue weighted by Gasteiger charge is -2.61. The van der Waals surface area contributed by atoms with Crippen molar-refractivity contribution in [2.24, 2.45) is 16.7 Å². The van der Waals surface area contributed by atoms with Crippen LogP contribution in [-0.2, 0) is 39.1 Å². The topological polar surface area (TPSA) is 101 Å². The number of carbonyl (C=O) groups is 3. The zero-order chi connectivity index (χ0) is 21.8. The number of fused-ring (bicyclic) bond motifs is 1. The Morgan fingerprint density at radius 1 is 1.30 bits per heavy atom. The first-order chi connectivity index (χ1) is 14.2. The Kier molecular flexibility index (Phi) is 4.86. The maximum atomic E-state index is 13.4. The molecule has 2 saturated heterocycles. The van der Waals surface area contributed by atoms with Crippen LogP contribution in [0.5, 0.6) is 0 Å². The molecular weight excluding hydrogens is 392 g/mol. The van der Waals surface area contributed by atoms with Crippen LogP contribution in [0.15, 0.2) is 22.8 Å². The highest BCUT2D eigenvalue weighted by atomic mass is 16.8. The summed E-state index contributed by atoms with van der Waals surface area (Å²) in [6.45, 7) is 5.23. The first kappa shape index (κ1) is 21.1. The van der Waals surface area contributed by atoms with Gasteiger partial charge in [0.15, 0.2) is 5.76 Å². The molecule has 5 atom stereocenters. The number of ketones is 1. The molecule has 0 amide bonds. The molecule has 3 heterocycles. The number of Topliss-reactive ketones (excluding diaryl/α,β-unsaturated/α-hetero) is 1. The van der Waals surface area contributed by atoms with Crippen LogP contribution in [0, 0.1) is 16.7 Å². The Labute approximate surface area is 175 Å². The third kappa shape index (κ3) is 2.56. The molecule has 8 heteroatoms. The number of esters is 2. The maximum Gasteiger partial charge on any atom is 0.314 e. The van der Waals surface area contributed by atoms with Gasteiger partial charge in [-0.2, -0.15) is 0 Å². The fraction of sp³-hybridized carbons (Fsp3) is 0.682.